The molecule has 266 valence electrons. The van der Waals surface area contributed by atoms with Crippen LogP contribution in [-0.4, -0.2) is 51.8 Å². The number of aliphatic hydroxyl groups is 4. The fraction of sp³-hybridized carbons (Fsp3) is 0.282. The first kappa shape index (κ1) is 35.4. The van der Waals surface area contributed by atoms with Gasteiger partial charge in [0.15, 0.2) is 17.3 Å². The number of nitrogens with one attached hydrogen (secondary N) is 2. The molecule has 1 aliphatic heterocycles. The molecule has 5 aromatic rings. The van der Waals surface area contributed by atoms with Gasteiger partial charge in [-0.15, -0.1) is 0 Å². The molecular formula is C39H41N3O9. The molecule has 12 heteroatoms. The summed E-state index contributed by atoms with van der Waals surface area (Å²) < 4.78 is 23.2. The van der Waals surface area contributed by atoms with E-state index in [0.29, 0.717) is 93.7 Å². The maximum atomic E-state index is 12.7. The minimum atomic E-state index is -0.435. The molecule has 0 saturated carbocycles. The number of anilines is 1. The normalized spacial score (nSPS) is 13.7. The van der Waals surface area contributed by atoms with Crippen LogP contribution >= 0.6 is 0 Å². The molecule has 6 rings (SSSR count). The Morgan fingerprint density at radius 1 is 0.725 bits per heavy atom. The summed E-state index contributed by atoms with van der Waals surface area (Å²) in [5.74, 6) is 2.00. The lowest BCUT2D eigenvalue weighted by Gasteiger charge is -2.29. The van der Waals surface area contributed by atoms with Gasteiger partial charge in [0.25, 0.3) is 5.91 Å². The number of rotatable bonds is 15. The monoisotopic (exact) mass is 695 g/mol. The molecule has 0 spiro atoms. The van der Waals surface area contributed by atoms with E-state index in [0.717, 1.165) is 16.8 Å². The smallest absolute Gasteiger partial charge is 0.255 e. The van der Waals surface area contributed by atoms with E-state index < -0.39 is 6.17 Å². The number of fused-ring (bicyclic) bond motifs is 1. The van der Waals surface area contributed by atoms with Crippen molar-refractivity contribution < 1.29 is 44.0 Å². The van der Waals surface area contributed by atoms with Crippen molar-refractivity contribution in [3.05, 3.63) is 112 Å². The zero-order valence-electron chi connectivity index (χ0n) is 28.4. The number of aromatic nitrogens is 1. The highest BCUT2D eigenvalue weighted by Crippen LogP contribution is 2.35. The molecule has 0 radical (unpaired) electrons. The van der Waals surface area contributed by atoms with Crippen LogP contribution in [0, 0.1) is 6.92 Å². The van der Waals surface area contributed by atoms with Crippen LogP contribution in [-0.2, 0) is 26.4 Å². The number of amides is 1. The first-order valence-corrected chi connectivity index (χ1v) is 16.7. The number of hydrogen-bond acceptors (Lipinski definition) is 11. The highest BCUT2D eigenvalue weighted by atomic mass is 16.5. The zero-order chi connectivity index (χ0) is 35.9. The Morgan fingerprint density at radius 3 is 2.12 bits per heavy atom. The number of unbranched alkanes of at least 4 members (excludes halogenated alkanes) is 1. The van der Waals surface area contributed by atoms with Crippen molar-refractivity contribution in [2.45, 2.75) is 52.4 Å². The van der Waals surface area contributed by atoms with Crippen molar-refractivity contribution in [3.8, 4) is 39.8 Å². The lowest BCUT2D eigenvalue weighted by molar-refractivity contribution is 0.0935. The summed E-state index contributed by atoms with van der Waals surface area (Å²) >= 11 is 0. The number of aryl methyl sites for hydroxylation is 1. The van der Waals surface area contributed by atoms with E-state index in [1.165, 1.54) is 0 Å². The molecule has 1 atom stereocenters. The van der Waals surface area contributed by atoms with Crippen molar-refractivity contribution in [1.82, 2.24) is 10.5 Å². The molecule has 0 saturated heterocycles. The lowest BCUT2D eigenvalue weighted by atomic mass is 9.97. The standard InChI is InChI=1S/C39H41N3O9/c1-23-5-8-32-30(13-23)39(47)41-38(40-32)25-7-9-34(29(14-25)21-45)49-11-3-4-12-50-37-17-24(6-10-35(37)48-2)36-18-33(42-51-36)26-15-27(19-43)31(22-46)28(16-26)20-44/h5-10,13-18,38,40,43-46H,3-4,11-12,19-22H2,1-2H3,(H,41,47). The van der Waals surface area contributed by atoms with Gasteiger partial charge in [-0.05, 0) is 96.6 Å². The van der Waals surface area contributed by atoms with E-state index in [-0.39, 0.29) is 32.3 Å². The number of carbonyl (C=O) groups is 1. The number of nitrogens with zero attached hydrogens (tertiary/aromatic N) is 1. The fourth-order valence-corrected chi connectivity index (χ4v) is 6.07. The number of benzene rings is 4. The number of methoxy groups -OCH3 is 1. The van der Waals surface area contributed by atoms with E-state index in [9.17, 15) is 25.2 Å². The Morgan fingerprint density at radius 2 is 1.43 bits per heavy atom. The average Bonchev–Trinajstić information content (AvgIpc) is 3.66. The van der Waals surface area contributed by atoms with Gasteiger partial charge in [0.2, 0.25) is 0 Å². The number of ether oxygens (including phenoxy) is 3. The Hall–Kier alpha value is -5.40. The summed E-state index contributed by atoms with van der Waals surface area (Å²) in [5.41, 5.74) is 7.17. The van der Waals surface area contributed by atoms with Crippen molar-refractivity contribution in [2.75, 3.05) is 25.6 Å². The number of hydrogen-bond donors (Lipinski definition) is 6. The highest BCUT2D eigenvalue weighted by molar-refractivity contribution is 6.01. The molecule has 6 N–H and O–H groups in total. The molecule has 4 aromatic carbocycles. The topological polar surface area (TPSA) is 176 Å². The molecule has 2 heterocycles. The summed E-state index contributed by atoms with van der Waals surface area (Å²) in [5, 5.41) is 49.9. The van der Waals surface area contributed by atoms with Gasteiger partial charge < -0.3 is 49.8 Å². The Bertz CT molecular complexity index is 1980. The second kappa shape index (κ2) is 16.1. The van der Waals surface area contributed by atoms with Gasteiger partial charge in [-0.3, -0.25) is 4.79 Å². The molecule has 51 heavy (non-hydrogen) atoms. The van der Waals surface area contributed by atoms with Crippen LogP contribution in [0.3, 0.4) is 0 Å². The summed E-state index contributed by atoms with van der Waals surface area (Å²) in [6.07, 6.45) is 0.945. The first-order chi connectivity index (χ1) is 24.8. The average molecular weight is 696 g/mol. The third-order valence-electron chi connectivity index (χ3n) is 8.82. The minimum absolute atomic E-state index is 0.153. The zero-order valence-corrected chi connectivity index (χ0v) is 28.4. The maximum absolute atomic E-state index is 12.7. The van der Waals surface area contributed by atoms with Crippen LogP contribution in [0.4, 0.5) is 5.69 Å². The molecule has 12 nitrogen and oxygen atoms in total. The van der Waals surface area contributed by atoms with Gasteiger partial charge in [0, 0.05) is 28.4 Å². The van der Waals surface area contributed by atoms with Gasteiger partial charge in [-0.1, -0.05) is 22.9 Å². The number of carbonyl (C=O) groups excluding carboxylic acids is 1. The van der Waals surface area contributed by atoms with Crippen LogP contribution in [0.2, 0.25) is 0 Å². The fourth-order valence-electron chi connectivity index (χ4n) is 6.07. The molecule has 1 aromatic heterocycles. The van der Waals surface area contributed by atoms with E-state index in [1.807, 2.05) is 55.5 Å². The molecular weight excluding hydrogens is 654 g/mol. The summed E-state index contributed by atoms with van der Waals surface area (Å²) in [6, 6.07) is 21.8. The quantitative estimate of drug-likeness (QED) is 0.0775. The van der Waals surface area contributed by atoms with Gasteiger partial charge in [-0.2, -0.15) is 0 Å². The van der Waals surface area contributed by atoms with Crippen LogP contribution in [0.5, 0.6) is 17.2 Å². The third kappa shape index (κ3) is 7.84. The molecule has 0 bridgehead atoms. The van der Waals surface area contributed by atoms with Crippen LogP contribution in [0.1, 0.15) is 62.7 Å². The largest absolute Gasteiger partial charge is 0.493 e. The van der Waals surface area contributed by atoms with E-state index in [1.54, 1.807) is 31.4 Å². The Kier molecular flexibility index (Phi) is 11.2. The summed E-state index contributed by atoms with van der Waals surface area (Å²) in [7, 11) is 1.57. The third-order valence-corrected chi connectivity index (χ3v) is 8.82. The summed E-state index contributed by atoms with van der Waals surface area (Å²) in [4.78, 5) is 12.7. The second-order valence-corrected chi connectivity index (χ2v) is 12.2. The van der Waals surface area contributed by atoms with Crippen molar-refractivity contribution >= 4 is 11.6 Å². The van der Waals surface area contributed by atoms with E-state index >= 15 is 0 Å². The van der Waals surface area contributed by atoms with Crippen molar-refractivity contribution in [3.63, 3.8) is 0 Å². The van der Waals surface area contributed by atoms with E-state index in [2.05, 4.69) is 15.8 Å². The highest BCUT2D eigenvalue weighted by Gasteiger charge is 2.25. The molecule has 0 fully saturated rings. The molecule has 1 amide bonds. The first-order valence-electron chi connectivity index (χ1n) is 16.7. The maximum Gasteiger partial charge on any atom is 0.255 e. The minimum Gasteiger partial charge on any atom is -0.493 e. The van der Waals surface area contributed by atoms with Gasteiger partial charge >= 0.3 is 0 Å². The SMILES string of the molecule is COc1ccc(-c2cc(-c3cc(CO)c(CO)c(CO)c3)no2)cc1OCCCCOc1ccc(C2NC(=O)c3cc(C)ccc3N2)cc1CO. The van der Waals surface area contributed by atoms with Gasteiger partial charge in [0.1, 0.15) is 17.6 Å². The Labute approximate surface area is 295 Å². The summed E-state index contributed by atoms with van der Waals surface area (Å²) in [6.45, 7) is 1.66. The predicted molar refractivity (Wildman–Crippen MR) is 189 cm³/mol. The van der Waals surface area contributed by atoms with E-state index in [4.69, 9.17) is 18.7 Å². The predicted octanol–water partition coefficient (Wildman–Crippen LogP) is 5.39. The van der Waals surface area contributed by atoms with Crippen LogP contribution in [0.25, 0.3) is 22.6 Å². The Balaban J connectivity index is 1.04. The van der Waals surface area contributed by atoms with Gasteiger partial charge in [0.05, 0.1) is 52.3 Å². The van der Waals surface area contributed by atoms with Crippen LogP contribution < -0.4 is 24.8 Å². The van der Waals surface area contributed by atoms with Crippen LogP contribution in [0.15, 0.2) is 77.3 Å². The molecule has 0 aliphatic carbocycles. The van der Waals surface area contributed by atoms with Crippen molar-refractivity contribution in [2.24, 2.45) is 0 Å². The number of aliphatic hydroxyl groups excluding tert-OH is 4. The second-order valence-electron chi connectivity index (χ2n) is 12.2. The molecule has 1 aliphatic rings. The van der Waals surface area contributed by atoms with Gasteiger partial charge in [-0.25, -0.2) is 0 Å². The molecule has 1 unspecified atom stereocenters. The van der Waals surface area contributed by atoms with Crippen molar-refractivity contribution in [1.29, 1.82) is 0 Å². The lowest BCUT2D eigenvalue weighted by Crippen LogP contribution is -2.38.